The fraction of sp³-hybridized carbons (Fsp3) is 0.450. The van der Waals surface area contributed by atoms with E-state index in [0.717, 1.165) is 36.1 Å². The highest BCUT2D eigenvalue weighted by Gasteiger charge is 2.26. The molecule has 0 fully saturated rings. The minimum atomic E-state index is -0.442. The molecule has 1 heterocycles. The normalized spacial score (nSPS) is 16.9. The van der Waals surface area contributed by atoms with Gasteiger partial charge < -0.3 is 15.4 Å². The Morgan fingerprint density at radius 1 is 1.33 bits per heavy atom. The van der Waals surface area contributed by atoms with Crippen LogP contribution in [0.3, 0.4) is 0 Å². The quantitative estimate of drug-likeness (QED) is 0.766. The maximum Gasteiger partial charge on any atom is 0.315 e. The van der Waals surface area contributed by atoms with Crippen LogP contribution in [0.5, 0.6) is 0 Å². The average molecular weight is 370 g/mol. The van der Waals surface area contributed by atoms with Crippen molar-refractivity contribution in [3.8, 4) is 0 Å². The molecule has 0 aliphatic heterocycles. The van der Waals surface area contributed by atoms with E-state index in [1.54, 1.807) is 6.92 Å². The highest BCUT2D eigenvalue weighted by Crippen LogP contribution is 2.29. The maximum absolute atomic E-state index is 12.6. The van der Waals surface area contributed by atoms with E-state index in [4.69, 9.17) is 4.74 Å². The Hall–Kier alpha value is -2.83. The summed E-state index contributed by atoms with van der Waals surface area (Å²) in [5.74, 6) is -0.334. The van der Waals surface area contributed by atoms with Crippen LogP contribution >= 0.6 is 0 Å². The minimum Gasteiger partial charge on any atom is -0.466 e. The van der Waals surface area contributed by atoms with Crippen molar-refractivity contribution in [1.29, 1.82) is 0 Å². The molecule has 144 valence electrons. The Labute approximate surface area is 159 Å². The SMILES string of the molecule is CCOC(=O)C[C@H](NC(=O)N[C@@H]1CCCc2c1cnn2C)c1ccccc1. The summed E-state index contributed by atoms with van der Waals surface area (Å²) in [6.45, 7) is 2.09. The lowest BCUT2D eigenvalue weighted by molar-refractivity contribution is -0.143. The third-order valence-corrected chi connectivity index (χ3v) is 4.86. The lowest BCUT2D eigenvalue weighted by Gasteiger charge is -2.25. The predicted molar refractivity (Wildman–Crippen MR) is 101 cm³/mol. The number of carbonyl (C=O) groups excluding carboxylic acids is 2. The van der Waals surface area contributed by atoms with Crippen molar-refractivity contribution >= 4 is 12.0 Å². The summed E-state index contributed by atoms with van der Waals surface area (Å²) < 4.78 is 6.92. The number of aromatic nitrogens is 2. The first-order valence-corrected chi connectivity index (χ1v) is 9.36. The Balaban J connectivity index is 1.68. The van der Waals surface area contributed by atoms with Crippen LogP contribution in [-0.2, 0) is 23.0 Å². The van der Waals surface area contributed by atoms with Gasteiger partial charge in [0.1, 0.15) is 0 Å². The van der Waals surface area contributed by atoms with Gasteiger partial charge in [0.2, 0.25) is 0 Å². The van der Waals surface area contributed by atoms with Gasteiger partial charge in [-0.25, -0.2) is 4.79 Å². The number of esters is 1. The molecule has 0 bridgehead atoms. The van der Waals surface area contributed by atoms with Crippen molar-refractivity contribution < 1.29 is 14.3 Å². The zero-order valence-electron chi connectivity index (χ0n) is 15.8. The number of fused-ring (bicyclic) bond motifs is 1. The molecule has 7 nitrogen and oxygen atoms in total. The van der Waals surface area contributed by atoms with Crippen molar-refractivity contribution in [2.75, 3.05) is 6.61 Å². The summed E-state index contributed by atoms with van der Waals surface area (Å²) in [6, 6.07) is 8.65. The summed E-state index contributed by atoms with van der Waals surface area (Å²) in [4.78, 5) is 24.6. The molecule has 1 aliphatic rings. The number of ether oxygens (including phenoxy) is 1. The molecular weight excluding hydrogens is 344 g/mol. The first-order chi connectivity index (χ1) is 13.1. The number of nitrogens with one attached hydrogen (secondary N) is 2. The third kappa shape index (κ3) is 4.67. The highest BCUT2D eigenvalue weighted by molar-refractivity contribution is 5.77. The molecule has 0 radical (unpaired) electrons. The molecule has 3 rings (SSSR count). The standard InChI is InChI=1S/C20H26N4O3/c1-3-27-19(25)12-17(14-8-5-4-6-9-14)23-20(26)22-16-10-7-11-18-15(16)13-21-24(18)2/h4-6,8-9,13,16-17H,3,7,10-12H2,1-2H3,(H2,22,23,26)/t16-,17+/m1/s1. The van der Waals surface area contributed by atoms with Gasteiger partial charge in [-0.15, -0.1) is 0 Å². The van der Waals surface area contributed by atoms with E-state index in [1.165, 1.54) is 0 Å². The summed E-state index contributed by atoms with van der Waals surface area (Å²) in [7, 11) is 1.92. The van der Waals surface area contributed by atoms with E-state index < -0.39 is 6.04 Å². The number of aryl methyl sites for hydroxylation is 1. The van der Waals surface area contributed by atoms with Gasteiger partial charge in [-0.1, -0.05) is 30.3 Å². The second kappa shape index (κ2) is 8.70. The summed E-state index contributed by atoms with van der Waals surface area (Å²) in [6.07, 6.45) is 4.77. The van der Waals surface area contributed by atoms with Crippen molar-refractivity contribution in [2.45, 2.75) is 44.7 Å². The largest absolute Gasteiger partial charge is 0.466 e. The predicted octanol–water partition coefficient (Wildman–Crippen LogP) is 2.79. The second-order valence-corrected chi connectivity index (χ2v) is 6.71. The van der Waals surface area contributed by atoms with Gasteiger partial charge in [-0.3, -0.25) is 9.48 Å². The summed E-state index contributed by atoms with van der Waals surface area (Å²) in [5.41, 5.74) is 3.10. The number of carbonyl (C=O) groups is 2. The van der Waals surface area contributed by atoms with Crippen molar-refractivity contribution in [3.05, 3.63) is 53.3 Å². The molecule has 0 unspecified atom stereocenters. The maximum atomic E-state index is 12.6. The number of hydrogen-bond donors (Lipinski definition) is 2. The zero-order valence-corrected chi connectivity index (χ0v) is 15.8. The number of urea groups is 1. The van der Waals surface area contributed by atoms with Gasteiger partial charge in [0.25, 0.3) is 0 Å². The molecule has 7 heteroatoms. The van der Waals surface area contributed by atoms with Crippen LogP contribution in [0.2, 0.25) is 0 Å². The minimum absolute atomic E-state index is 0.0681. The van der Waals surface area contributed by atoms with Crippen LogP contribution in [0, 0.1) is 0 Å². The smallest absolute Gasteiger partial charge is 0.315 e. The molecule has 1 aromatic carbocycles. The van der Waals surface area contributed by atoms with Gasteiger partial charge in [-0.05, 0) is 31.7 Å². The van der Waals surface area contributed by atoms with Gasteiger partial charge in [0.05, 0.1) is 31.3 Å². The number of benzene rings is 1. The molecule has 1 aromatic heterocycles. The van der Waals surface area contributed by atoms with E-state index in [-0.39, 0.29) is 24.5 Å². The van der Waals surface area contributed by atoms with Gasteiger partial charge in [0, 0.05) is 18.3 Å². The molecule has 2 amide bonds. The average Bonchev–Trinajstić information content (AvgIpc) is 3.04. The Morgan fingerprint density at radius 3 is 2.85 bits per heavy atom. The first-order valence-electron chi connectivity index (χ1n) is 9.36. The monoisotopic (exact) mass is 370 g/mol. The molecule has 2 aromatic rings. The van der Waals surface area contributed by atoms with Gasteiger partial charge >= 0.3 is 12.0 Å². The number of nitrogens with zero attached hydrogens (tertiary/aromatic N) is 2. The molecule has 1 aliphatic carbocycles. The summed E-state index contributed by atoms with van der Waals surface area (Å²) >= 11 is 0. The molecule has 0 saturated heterocycles. The van der Waals surface area contributed by atoms with Crippen LogP contribution in [-0.4, -0.2) is 28.4 Å². The number of rotatable bonds is 6. The lowest BCUT2D eigenvalue weighted by atomic mass is 9.93. The Bertz CT molecular complexity index is 788. The van der Waals surface area contributed by atoms with Gasteiger partial charge in [-0.2, -0.15) is 5.10 Å². The van der Waals surface area contributed by atoms with Crippen LogP contribution in [0.15, 0.2) is 36.5 Å². The number of amides is 2. The molecular formula is C20H26N4O3. The second-order valence-electron chi connectivity index (χ2n) is 6.71. The molecule has 2 N–H and O–H groups in total. The van der Waals surface area contributed by atoms with E-state index >= 15 is 0 Å². The Kier molecular flexibility index (Phi) is 6.11. The van der Waals surface area contributed by atoms with E-state index in [2.05, 4.69) is 15.7 Å². The van der Waals surface area contributed by atoms with Crippen molar-refractivity contribution in [3.63, 3.8) is 0 Å². The van der Waals surface area contributed by atoms with E-state index in [1.807, 2.05) is 48.3 Å². The van der Waals surface area contributed by atoms with Crippen molar-refractivity contribution in [1.82, 2.24) is 20.4 Å². The van der Waals surface area contributed by atoms with Crippen molar-refractivity contribution in [2.24, 2.45) is 7.05 Å². The first kappa shape index (κ1) is 18.9. The highest BCUT2D eigenvalue weighted by atomic mass is 16.5. The van der Waals surface area contributed by atoms with Crippen LogP contribution in [0.1, 0.15) is 55.1 Å². The van der Waals surface area contributed by atoms with E-state index in [0.29, 0.717) is 6.61 Å². The molecule has 2 atom stereocenters. The molecule has 0 spiro atoms. The topological polar surface area (TPSA) is 85.2 Å². The van der Waals surface area contributed by atoms with Gasteiger partial charge in [0.15, 0.2) is 0 Å². The number of hydrogen-bond acceptors (Lipinski definition) is 4. The Morgan fingerprint density at radius 2 is 2.11 bits per heavy atom. The summed E-state index contributed by atoms with van der Waals surface area (Å²) in [5, 5.41) is 10.3. The van der Waals surface area contributed by atoms with Crippen LogP contribution in [0.4, 0.5) is 4.79 Å². The fourth-order valence-electron chi connectivity index (χ4n) is 3.54. The van der Waals surface area contributed by atoms with E-state index in [9.17, 15) is 9.59 Å². The molecule has 27 heavy (non-hydrogen) atoms. The van der Waals surface area contributed by atoms with Crippen LogP contribution in [0.25, 0.3) is 0 Å². The van der Waals surface area contributed by atoms with Crippen LogP contribution < -0.4 is 10.6 Å². The lowest BCUT2D eigenvalue weighted by Crippen LogP contribution is -2.41. The third-order valence-electron chi connectivity index (χ3n) is 4.86. The fourth-order valence-corrected chi connectivity index (χ4v) is 3.54. The molecule has 0 saturated carbocycles. The zero-order chi connectivity index (χ0) is 19.2.